The molecule has 36 heavy (non-hydrogen) atoms. The highest BCUT2D eigenvalue weighted by Gasteiger charge is 2.38. The fourth-order valence-corrected chi connectivity index (χ4v) is 5.20. The Kier molecular flexibility index (Phi) is 8.24. The average Bonchev–Trinajstić information content (AvgIpc) is 3.32. The smallest absolute Gasteiger partial charge is 0.490 e. The van der Waals surface area contributed by atoms with Crippen molar-refractivity contribution in [1.29, 1.82) is 5.26 Å². The second-order valence-electron chi connectivity index (χ2n) is 7.67. The van der Waals surface area contributed by atoms with E-state index in [4.69, 9.17) is 14.6 Å². The fourth-order valence-electron chi connectivity index (χ4n) is 3.82. The van der Waals surface area contributed by atoms with E-state index in [-0.39, 0.29) is 4.90 Å². The van der Waals surface area contributed by atoms with Crippen LogP contribution in [0.15, 0.2) is 59.6 Å². The molecule has 192 valence electrons. The average molecular weight is 525 g/mol. The van der Waals surface area contributed by atoms with Gasteiger partial charge in [-0.15, -0.1) is 0 Å². The first kappa shape index (κ1) is 27.0. The van der Waals surface area contributed by atoms with Crippen LogP contribution in [0.3, 0.4) is 0 Å². The predicted octanol–water partition coefficient (Wildman–Crippen LogP) is 2.99. The van der Waals surface area contributed by atoms with Crippen LogP contribution in [0.2, 0.25) is 0 Å². The van der Waals surface area contributed by atoms with Crippen LogP contribution in [0.25, 0.3) is 10.9 Å². The number of hydrogen-bond acceptors (Lipinski definition) is 7. The van der Waals surface area contributed by atoms with E-state index in [2.05, 4.69) is 16.3 Å². The van der Waals surface area contributed by atoms with Gasteiger partial charge < -0.3 is 15.2 Å². The highest BCUT2D eigenvalue weighted by Crippen LogP contribution is 2.36. The van der Waals surface area contributed by atoms with E-state index in [0.717, 1.165) is 31.7 Å². The van der Waals surface area contributed by atoms with Crippen LogP contribution in [0.4, 0.5) is 13.2 Å². The molecule has 13 heteroatoms. The number of piperazine rings is 1. The maximum atomic E-state index is 13.3. The predicted molar refractivity (Wildman–Crippen MR) is 124 cm³/mol. The number of alkyl halides is 3. The maximum absolute atomic E-state index is 13.3. The van der Waals surface area contributed by atoms with Crippen LogP contribution in [-0.2, 0) is 14.8 Å². The van der Waals surface area contributed by atoms with Crippen LogP contribution in [0, 0.1) is 11.3 Å². The molecule has 1 aromatic heterocycles. The molecule has 9 nitrogen and oxygen atoms in total. The summed E-state index contributed by atoms with van der Waals surface area (Å²) in [6, 6.07) is 15.6. The van der Waals surface area contributed by atoms with Crippen molar-refractivity contribution in [3.63, 3.8) is 0 Å². The largest absolute Gasteiger partial charge is 0.495 e. The summed E-state index contributed by atoms with van der Waals surface area (Å²) in [5.74, 6) is -2.31. The Hall–Kier alpha value is -3.60. The number of carboxylic acid groups (broad SMARTS) is 1. The molecule has 0 aliphatic carbocycles. The third-order valence-electron chi connectivity index (χ3n) is 5.51. The van der Waals surface area contributed by atoms with Gasteiger partial charge in [0.05, 0.1) is 18.1 Å². The molecule has 2 heterocycles. The van der Waals surface area contributed by atoms with Crippen molar-refractivity contribution in [2.24, 2.45) is 0 Å². The quantitative estimate of drug-likeness (QED) is 0.522. The van der Waals surface area contributed by atoms with E-state index in [1.54, 1.807) is 42.5 Å². The number of ether oxygens (including phenoxy) is 1. The van der Waals surface area contributed by atoms with E-state index in [1.165, 1.54) is 17.3 Å². The van der Waals surface area contributed by atoms with Gasteiger partial charge in [-0.05, 0) is 29.8 Å². The number of carboxylic acids is 1. The molecule has 0 spiro atoms. The first-order valence-corrected chi connectivity index (χ1v) is 12.1. The number of halogens is 3. The van der Waals surface area contributed by atoms with Gasteiger partial charge in [-0.1, -0.05) is 24.3 Å². The topological polar surface area (TPSA) is 125 Å². The molecule has 4 rings (SSSR count). The highest BCUT2D eigenvalue weighted by molar-refractivity contribution is 7.90. The summed E-state index contributed by atoms with van der Waals surface area (Å²) in [6.07, 6.45) is -3.55. The molecule has 0 radical (unpaired) electrons. The third kappa shape index (κ3) is 5.62. The molecular weight excluding hydrogens is 501 g/mol. The molecular formula is C23H23F3N4O5S. The maximum Gasteiger partial charge on any atom is 0.490 e. The molecule has 0 saturated carbocycles. The molecule has 1 fully saturated rings. The standard InChI is InChI=1S/C21H22N4O3S.C2HF3O2/c1-28-20-8-7-17(19(15-22)24-13-10-23-11-14-24)18-9-12-25(21(18)20)29(26,27)16-5-3-2-4-6-16;3-2(4,5)1(6)7/h2-9,12,19,23H,10-11,13-14H2,1H3;(H,6,7). The lowest BCUT2D eigenvalue weighted by Gasteiger charge is -2.31. The molecule has 1 aliphatic rings. The number of benzene rings is 2. The third-order valence-corrected chi connectivity index (χ3v) is 7.20. The first-order valence-electron chi connectivity index (χ1n) is 10.7. The Bertz CT molecular complexity index is 1360. The van der Waals surface area contributed by atoms with Gasteiger partial charge in [-0.3, -0.25) is 4.90 Å². The van der Waals surface area contributed by atoms with Crippen LogP contribution < -0.4 is 10.1 Å². The van der Waals surface area contributed by atoms with Gasteiger partial charge in [0.2, 0.25) is 0 Å². The molecule has 0 bridgehead atoms. The van der Waals surface area contributed by atoms with E-state index >= 15 is 0 Å². The monoisotopic (exact) mass is 524 g/mol. The number of hydrogen-bond donors (Lipinski definition) is 2. The summed E-state index contributed by atoms with van der Waals surface area (Å²) in [5, 5.41) is 21.0. The van der Waals surface area contributed by atoms with Crippen molar-refractivity contribution in [1.82, 2.24) is 14.2 Å². The number of aromatic nitrogens is 1. The lowest BCUT2D eigenvalue weighted by molar-refractivity contribution is -0.192. The summed E-state index contributed by atoms with van der Waals surface area (Å²) in [6.45, 7) is 3.16. The minimum Gasteiger partial charge on any atom is -0.495 e. The zero-order valence-corrected chi connectivity index (χ0v) is 19.9. The van der Waals surface area contributed by atoms with Gasteiger partial charge in [0, 0.05) is 37.8 Å². The number of aliphatic carboxylic acids is 1. The Labute approximate surface area is 205 Å². The Balaban J connectivity index is 0.000000454. The first-order chi connectivity index (χ1) is 17.0. The van der Waals surface area contributed by atoms with Crippen LogP contribution in [-0.4, -0.2) is 67.8 Å². The summed E-state index contributed by atoms with van der Waals surface area (Å²) < 4.78 is 65.0. The lowest BCUT2D eigenvalue weighted by atomic mass is 10.0. The van der Waals surface area contributed by atoms with Crippen molar-refractivity contribution < 1.29 is 36.2 Å². The Morgan fingerprint density at radius 1 is 1.14 bits per heavy atom. The van der Waals surface area contributed by atoms with Gasteiger partial charge in [0.1, 0.15) is 17.3 Å². The zero-order chi connectivity index (χ0) is 26.5. The Morgan fingerprint density at radius 3 is 2.28 bits per heavy atom. The number of nitriles is 1. The second kappa shape index (κ2) is 11.0. The molecule has 1 atom stereocenters. The number of fused-ring (bicyclic) bond motifs is 1. The van der Waals surface area contributed by atoms with Crippen LogP contribution in [0.1, 0.15) is 11.6 Å². The van der Waals surface area contributed by atoms with Gasteiger partial charge >= 0.3 is 12.1 Å². The van der Waals surface area contributed by atoms with Crippen LogP contribution in [0.5, 0.6) is 5.75 Å². The van der Waals surface area contributed by atoms with Crippen molar-refractivity contribution in [2.45, 2.75) is 17.1 Å². The van der Waals surface area contributed by atoms with Crippen molar-refractivity contribution in [2.75, 3.05) is 33.3 Å². The lowest BCUT2D eigenvalue weighted by Crippen LogP contribution is -2.44. The molecule has 0 amide bonds. The van der Waals surface area contributed by atoms with Crippen LogP contribution >= 0.6 is 0 Å². The van der Waals surface area contributed by atoms with E-state index in [0.29, 0.717) is 16.7 Å². The minimum atomic E-state index is -5.08. The molecule has 1 saturated heterocycles. The molecule has 3 aromatic rings. The van der Waals surface area contributed by atoms with E-state index in [9.17, 15) is 26.9 Å². The number of carbonyl (C=O) groups is 1. The zero-order valence-electron chi connectivity index (χ0n) is 19.1. The van der Waals surface area contributed by atoms with Gasteiger partial charge in [-0.25, -0.2) is 17.2 Å². The van der Waals surface area contributed by atoms with Crippen molar-refractivity contribution in [3.8, 4) is 11.8 Å². The van der Waals surface area contributed by atoms with E-state index in [1.807, 2.05) is 6.07 Å². The minimum absolute atomic E-state index is 0.198. The fraction of sp³-hybridized carbons (Fsp3) is 0.304. The summed E-state index contributed by atoms with van der Waals surface area (Å²) in [7, 11) is -2.29. The number of nitrogens with one attached hydrogen (secondary N) is 1. The number of nitrogens with zero attached hydrogens (tertiary/aromatic N) is 3. The second-order valence-corrected chi connectivity index (χ2v) is 9.48. The number of methoxy groups -OCH3 is 1. The highest BCUT2D eigenvalue weighted by atomic mass is 32.2. The SMILES string of the molecule is COc1ccc(C(C#N)N2CCNCC2)c2ccn(S(=O)(=O)c3ccccc3)c12.O=C(O)C(F)(F)F. The molecule has 2 N–H and O–H groups in total. The van der Waals surface area contributed by atoms with Crippen molar-refractivity contribution >= 4 is 26.9 Å². The summed E-state index contributed by atoms with van der Waals surface area (Å²) >= 11 is 0. The van der Waals surface area contributed by atoms with Gasteiger partial charge in [-0.2, -0.15) is 18.4 Å². The molecule has 1 aliphatic heterocycles. The molecule has 1 unspecified atom stereocenters. The summed E-state index contributed by atoms with van der Waals surface area (Å²) in [4.78, 5) is 11.2. The molecule has 2 aromatic carbocycles. The van der Waals surface area contributed by atoms with E-state index < -0.39 is 28.2 Å². The number of rotatable bonds is 5. The van der Waals surface area contributed by atoms with Crippen molar-refractivity contribution in [3.05, 3.63) is 60.3 Å². The van der Waals surface area contributed by atoms with Gasteiger partial charge in [0.15, 0.2) is 0 Å². The summed E-state index contributed by atoms with van der Waals surface area (Å²) in [5.41, 5.74) is 1.23. The van der Waals surface area contributed by atoms with Gasteiger partial charge in [0.25, 0.3) is 10.0 Å². The Morgan fingerprint density at radius 2 is 1.75 bits per heavy atom. The normalized spacial score (nSPS) is 15.4.